The van der Waals surface area contributed by atoms with E-state index in [4.69, 9.17) is 10.5 Å². The molecule has 23 heavy (non-hydrogen) atoms. The van der Waals surface area contributed by atoms with Gasteiger partial charge in [0.25, 0.3) is 5.91 Å². The van der Waals surface area contributed by atoms with Crippen LogP contribution in [0.15, 0.2) is 24.3 Å². The molecule has 0 heterocycles. The van der Waals surface area contributed by atoms with E-state index in [9.17, 15) is 9.59 Å². The Labute approximate surface area is 143 Å². The van der Waals surface area contributed by atoms with Gasteiger partial charge in [-0.25, -0.2) is 0 Å². The lowest BCUT2D eigenvalue weighted by Gasteiger charge is -2.15. The SMILES string of the molecule is COC(CN)CC(=O)Nc1ccccc1C(=O)NCC(C)C.Cl. The number of benzene rings is 1. The minimum Gasteiger partial charge on any atom is -0.380 e. The number of methoxy groups -OCH3 is 1. The number of ether oxygens (including phenoxy) is 1. The van der Waals surface area contributed by atoms with Crippen LogP contribution in [0.1, 0.15) is 30.6 Å². The average molecular weight is 344 g/mol. The molecule has 6 nitrogen and oxygen atoms in total. The molecule has 1 rings (SSSR count). The first-order valence-electron chi connectivity index (χ1n) is 7.37. The molecular formula is C16H26ClN3O3. The molecular weight excluding hydrogens is 318 g/mol. The minimum atomic E-state index is -0.332. The van der Waals surface area contributed by atoms with Crippen molar-refractivity contribution in [2.24, 2.45) is 11.7 Å². The highest BCUT2D eigenvalue weighted by Crippen LogP contribution is 2.15. The molecule has 130 valence electrons. The van der Waals surface area contributed by atoms with Crippen molar-refractivity contribution < 1.29 is 14.3 Å². The van der Waals surface area contributed by atoms with Gasteiger partial charge in [-0.1, -0.05) is 26.0 Å². The zero-order valence-electron chi connectivity index (χ0n) is 13.8. The number of hydrogen-bond donors (Lipinski definition) is 3. The maximum absolute atomic E-state index is 12.2. The number of carbonyl (C=O) groups is 2. The molecule has 0 spiro atoms. The Hall–Kier alpha value is -1.63. The van der Waals surface area contributed by atoms with Crippen molar-refractivity contribution in [3.63, 3.8) is 0 Å². The summed E-state index contributed by atoms with van der Waals surface area (Å²) in [5.74, 6) is -0.0779. The van der Waals surface area contributed by atoms with Gasteiger partial charge in [0.05, 0.1) is 23.8 Å². The Morgan fingerprint density at radius 2 is 1.91 bits per heavy atom. The van der Waals surface area contributed by atoms with Crippen molar-refractivity contribution >= 4 is 29.9 Å². The maximum Gasteiger partial charge on any atom is 0.253 e. The maximum atomic E-state index is 12.2. The van der Waals surface area contributed by atoms with Crippen molar-refractivity contribution in [3.05, 3.63) is 29.8 Å². The fourth-order valence-corrected chi connectivity index (χ4v) is 1.85. The van der Waals surface area contributed by atoms with Crippen LogP contribution < -0.4 is 16.4 Å². The molecule has 4 N–H and O–H groups in total. The second-order valence-electron chi connectivity index (χ2n) is 5.50. The first-order valence-corrected chi connectivity index (χ1v) is 7.37. The van der Waals surface area contributed by atoms with E-state index in [2.05, 4.69) is 10.6 Å². The summed E-state index contributed by atoms with van der Waals surface area (Å²) < 4.78 is 5.09. The van der Waals surface area contributed by atoms with Gasteiger partial charge in [0, 0.05) is 20.2 Å². The summed E-state index contributed by atoms with van der Waals surface area (Å²) in [6, 6.07) is 6.91. The van der Waals surface area contributed by atoms with E-state index in [1.165, 1.54) is 7.11 Å². The van der Waals surface area contributed by atoms with Gasteiger partial charge in [0.1, 0.15) is 0 Å². The normalized spacial score (nSPS) is 11.5. The molecule has 1 unspecified atom stereocenters. The summed E-state index contributed by atoms with van der Waals surface area (Å²) in [6.07, 6.45) is -0.184. The van der Waals surface area contributed by atoms with Crippen LogP contribution >= 0.6 is 12.4 Å². The van der Waals surface area contributed by atoms with Gasteiger partial charge in [-0.05, 0) is 18.1 Å². The molecule has 0 saturated carbocycles. The molecule has 1 aromatic rings. The highest BCUT2D eigenvalue weighted by molar-refractivity contribution is 6.03. The van der Waals surface area contributed by atoms with Gasteiger partial charge in [0.2, 0.25) is 5.91 Å². The van der Waals surface area contributed by atoms with Crippen LogP contribution in [0.2, 0.25) is 0 Å². The molecule has 0 aromatic heterocycles. The zero-order chi connectivity index (χ0) is 16.5. The number of carbonyl (C=O) groups excluding carboxylic acids is 2. The van der Waals surface area contributed by atoms with Crippen molar-refractivity contribution in [3.8, 4) is 0 Å². The number of hydrogen-bond acceptors (Lipinski definition) is 4. The Balaban J connectivity index is 0.00000484. The van der Waals surface area contributed by atoms with Crippen LogP contribution in [0, 0.1) is 5.92 Å². The molecule has 0 bridgehead atoms. The molecule has 1 atom stereocenters. The Morgan fingerprint density at radius 1 is 1.26 bits per heavy atom. The number of para-hydroxylation sites is 1. The van der Waals surface area contributed by atoms with E-state index in [0.717, 1.165) is 0 Å². The molecule has 0 saturated heterocycles. The fraction of sp³-hybridized carbons (Fsp3) is 0.500. The first-order chi connectivity index (χ1) is 10.5. The number of amides is 2. The van der Waals surface area contributed by atoms with Gasteiger partial charge in [-0.3, -0.25) is 9.59 Å². The summed E-state index contributed by atoms with van der Waals surface area (Å²) >= 11 is 0. The van der Waals surface area contributed by atoms with Crippen molar-refractivity contribution in [2.45, 2.75) is 26.4 Å². The Morgan fingerprint density at radius 3 is 2.48 bits per heavy atom. The smallest absolute Gasteiger partial charge is 0.253 e. The van der Waals surface area contributed by atoms with Crippen molar-refractivity contribution in [1.82, 2.24) is 5.32 Å². The third kappa shape index (κ3) is 7.45. The number of halogens is 1. The lowest BCUT2D eigenvalue weighted by Crippen LogP contribution is -2.30. The van der Waals surface area contributed by atoms with E-state index < -0.39 is 0 Å². The fourth-order valence-electron chi connectivity index (χ4n) is 1.85. The standard InChI is InChI=1S/C16H25N3O3.ClH/c1-11(2)10-18-16(21)13-6-4-5-7-14(13)19-15(20)8-12(9-17)22-3;/h4-7,11-12H,8-10,17H2,1-3H3,(H,18,21)(H,19,20);1H. The van der Waals surface area contributed by atoms with Crippen LogP contribution in [0.25, 0.3) is 0 Å². The van der Waals surface area contributed by atoms with Crippen molar-refractivity contribution in [1.29, 1.82) is 0 Å². The second-order valence-corrected chi connectivity index (χ2v) is 5.50. The quantitative estimate of drug-likeness (QED) is 0.671. The van der Waals surface area contributed by atoms with Crippen LogP contribution in [0.5, 0.6) is 0 Å². The Kier molecular flexibility index (Phi) is 10.2. The Bertz CT molecular complexity index is 505. The van der Waals surface area contributed by atoms with E-state index in [0.29, 0.717) is 23.7 Å². The summed E-state index contributed by atoms with van der Waals surface area (Å²) in [5, 5.41) is 5.58. The highest BCUT2D eigenvalue weighted by atomic mass is 35.5. The summed E-state index contributed by atoms with van der Waals surface area (Å²) in [6.45, 7) is 4.89. The topological polar surface area (TPSA) is 93.4 Å². The number of nitrogens with one attached hydrogen (secondary N) is 2. The van der Waals surface area contributed by atoms with Crippen LogP contribution in [0.3, 0.4) is 0 Å². The largest absolute Gasteiger partial charge is 0.380 e. The molecule has 0 aliphatic rings. The van der Waals surface area contributed by atoms with Crippen LogP contribution in [0.4, 0.5) is 5.69 Å². The molecule has 0 aliphatic carbocycles. The molecule has 7 heteroatoms. The summed E-state index contributed by atoms with van der Waals surface area (Å²) in [4.78, 5) is 24.2. The molecule has 0 aliphatic heterocycles. The average Bonchev–Trinajstić information content (AvgIpc) is 2.50. The van der Waals surface area contributed by atoms with Crippen LogP contribution in [-0.2, 0) is 9.53 Å². The lowest BCUT2D eigenvalue weighted by molar-refractivity contribution is -0.118. The van der Waals surface area contributed by atoms with Gasteiger partial charge in [-0.2, -0.15) is 0 Å². The monoisotopic (exact) mass is 343 g/mol. The van der Waals surface area contributed by atoms with E-state index in [1.54, 1.807) is 24.3 Å². The van der Waals surface area contributed by atoms with Gasteiger partial charge in [0.15, 0.2) is 0 Å². The van der Waals surface area contributed by atoms with Gasteiger partial charge >= 0.3 is 0 Å². The number of rotatable bonds is 8. The molecule has 0 fully saturated rings. The predicted octanol–water partition coefficient (Wildman–Crippen LogP) is 1.80. The van der Waals surface area contributed by atoms with E-state index >= 15 is 0 Å². The number of nitrogens with two attached hydrogens (primary N) is 1. The molecule has 2 amide bonds. The van der Waals surface area contributed by atoms with E-state index in [1.807, 2.05) is 13.8 Å². The van der Waals surface area contributed by atoms with E-state index in [-0.39, 0.29) is 43.3 Å². The highest BCUT2D eigenvalue weighted by Gasteiger charge is 2.15. The summed E-state index contributed by atoms with van der Waals surface area (Å²) in [5.41, 5.74) is 6.43. The minimum absolute atomic E-state index is 0. The third-order valence-corrected chi connectivity index (χ3v) is 3.13. The van der Waals surface area contributed by atoms with Gasteiger partial charge in [-0.15, -0.1) is 12.4 Å². The predicted molar refractivity (Wildman–Crippen MR) is 94.0 cm³/mol. The molecule has 1 aromatic carbocycles. The third-order valence-electron chi connectivity index (χ3n) is 3.13. The van der Waals surface area contributed by atoms with Gasteiger partial charge < -0.3 is 21.1 Å². The lowest BCUT2D eigenvalue weighted by atomic mass is 10.1. The zero-order valence-corrected chi connectivity index (χ0v) is 14.6. The van der Waals surface area contributed by atoms with Crippen LogP contribution in [-0.4, -0.2) is 38.1 Å². The first kappa shape index (κ1) is 21.4. The molecule has 0 radical (unpaired) electrons. The second kappa shape index (κ2) is 11.0. The number of anilines is 1. The van der Waals surface area contributed by atoms with Crippen molar-refractivity contribution in [2.75, 3.05) is 25.5 Å². The summed E-state index contributed by atoms with van der Waals surface area (Å²) in [7, 11) is 1.51.